The van der Waals surface area contributed by atoms with Crippen LogP contribution in [0.25, 0.3) is 0 Å². The quantitative estimate of drug-likeness (QED) is 0.863. The predicted molar refractivity (Wildman–Crippen MR) is 107 cm³/mol. The molecule has 2 amide bonds. The number of methoxy groups -OCH3 is 2. The van der Waals surface area contributed by atoms with Crippen LogP contribution in [0.3, 0.4) is 0 Å². The average molecular weight is 382 g/mol. The summed E-state index contributed by atoms with van der Waals surface area (Å²) in [5.41, 5.74) is 2.11. The van der Waals surface area contributed by atoms with E-state index in [4.69, 9.17) is 9.47 Å². The van der Waals surface area contributed by atoms with Gasteiger partial charge in [-0.05, 0) is 43.5 Å². The average Bonchev–Trinajstić information content (AvgIpc) is 2.73. The van der Waals surface area contributed by atoms with Gasteiger partial charge < -0.3 is 19.7 Å². The van der Waals surface area contributed by atoms with E-state index in [0.717, 1.165) is 11.1 Å². The standard InChI is InChI=1S/C22H26N2O4/c1-15-7-4-5-8-17(15)22(26)24-13-11-16(12-14-24)23-21(25)20-18(27-2)9-6-10-19(20)28-3/h4-10,16H,11-14H2,1-3H3,(H,23,25). The van der Waals surface area contributed by atoms with Crippen molar-refractivity contribution in [3.8, 4) is 11.5 Å². The molecule has 3 rings (SSSR count). The van der Waals surface area contributed by atoms with Crippen LogP contribution in [0.4, 0.5) is 0 Å². The fraction of sp³-hybridized carbons (Fsp3) is 0.364. The molecule has 0 aliphatic carbocycles. The van der Waals surface area contributed by atoms with Gasteiger partial charge in [0.2, 0.25) is 0 Å². The number of ether oxygens (including phenoxy) is 2. The van der Waals surface area contributed by atoms with E-state index in [-0.39, 0.29) is 17.9 Å². The highest BCUT2D eigenvalue weighted by atomic mass is 16.5. The lowest BCUT2D eigenvalue weighted by Crippen LogP contribution is -2.46. The van der Waals surface area contributed by atoms with Crippen LogP contribution in [0.5, 0.6) is 11.5 Å². The summed E-state index contributed by atoms with van der Waals surface area (Å²) in [4.78, 5) is 27.4. The lowest BCUT2D eigenvalue weighted by atomic mass is 10.0. The summed E-state index contributed by atoms with van der Waals surface area (Å²) in [5.74, 6) is 0.778. The van der Waals surface area contributed by atoms with Gasteiger partial charge in [0.15, 0.2) is 0 Å². The summed E-state index contributed by atoms with van der Waals surface area (Å²) in [6, 6.07) is 12.9. The van der Waals surface area contributed by atoms with E-state index in [1.54, 1.807) is 18.2 Å². The van der Waals surface area contributed by atoms with Crippen molar-refractivity contribution in [3.05, 3.63) is 59.2 Å². The summed E-state index contributed by atoms with van der Waals surface area (Å²) in [6.45, 7) is 3.17. The molecule has 1 aliphatic heterocycles. The predicted octanol–water partition coefficient (Wildman–Crippen LogP) is 3.05. The van der Waals surface area contributed by atoms with Gasteiger partial charge in [0.1, 0.15) is 17.1 Å². The second kappa shape index (κ2) is 8.78. The monoisotopic (exact) mass is 382 g/mol. The number of carbonyl (C=O) groups is 2. The number of hydrogen-bond donors (Lipinski definition) is 1. The Labute approximate surface area is 165 Å². The number of aryl methyl sites for hydroxylation is 1. The first kappa shape index (κ1) is 19.7. The lowest BCUT2D eigenvalue weighted by molar-refractivity contribution is 0.0697. The lowest BCUT2D eigenvalue weighted by Gasteiger charge is -2.33. The Kier molecular flexibility index (Phi) is 6.19. The molecular formula is C22H26N2O4. The largest absolute Gasteiger partial charge is 0.496 e. The number of nitrogens with zero attached hydrogens (tertiary/aromatic N) is 1. The van der Waals surface area contributed by atoms with Crippen molar-refractivity contribution >= 4 is 11.8 Å². The van der Waals surface area contributed by atoms with Crippen molar-refractivity contribution in [2.24, 2.45) is 0 Å². The zero-order valence-corrected chi connectivity index (χ0v) is 16.5. The highest BCUT2D eigenvalue weighted by Crippen LogP contribution is 2.28. The Morgan fingerprint density at radius 2 is 1.57 bits per heavy atom. The minimum atomic E-state index is -0.224. The number of piperidine rings is 1. The molecule has 0 unspecified atom stereocenters. The second-order valence-electron chi connectivity index (χ2n) is 6.89. The highest BCUT2D eigenvalue weighted by Gasteiger charge is 2.27. The summed E-state index contributed by atoms with van der Waals surface area (Å²) in [6.07, 6.45) is 1.42. The first-order valence-corrected chi connectivity index (χ1v) is 9.42. The van der Waals surface area contributed by atoms with Crippen molar-refractivity contribution in [2.45, 2.75) is 25.8 Å². The number of nitrogens with one attached hydrogen (secondary N) is 1. The molecule has 6 nitrogen and oxygen atoms in total. The van der Waals surface area contributed by atoms with Crippen LogP contribution in [-0.4, -0.2) is 50.1 Å². The minimum absolute atomic E-state index is 0.00281. The molecule has 0 atom stereocenters. The Morgan fingerprint density at radius 1 is 0.964 bits per heavy atom. The van der Waals surface area contributed by atoms with Crippen LogP contribution < -0.4 is 14.8 Å². The van der Waals surface area contributed by atoms with Crippen LogP contribution in [0.2, 0.25) is 0 Å². The summed E-state index contributed by atoms with van der Waals surface area (Å²) in [5, 5.41) is 3.06. The number of rotatable bonds is 5. The Hall–Kier alpha value is -3.02. The van der Waals surface area contributed by atoms with Crippen molar-refractivity contribution in [1.29, 1.82) is 0 Å². The zero-order chi connectivity index (χ0) is 20.1. The summed E-state index contributed by atoms with van der Waals surface area (Å²) >= 11 is 0. The highest BCUT2D eigenvalue weighted by molar-refractivity contribution is 6.00. The third-order valence-electron chi connectivity index (χ3n) is 5.15. The molecule has 0 radical (unpaired) electrons. The van der Waals surface area contributed by atoms with E-state index in [1.165, 1.54) is 14.2 Å². The molecule has 0 bridgehead atoms. The maximum Gasteiger partial charge on any atom is 0.259 e. The van der Waals surface area contributed by atoms with Crippen molar-refractivity contribution in [3.63, 3.8) is 0 Å². The minimum Gasteiger partial charge on any atom is -0.496 e. The molecule has 1 heterocycles. The fourth-order valence-corrected chi connectivity index (χ4v) is 3.54. The molecule has 6 heteroatoms. The summed E-state index contributed by atoms with van der Waals surface area (Å²) in [7, 11) is 3.06. The molecule has 0 saturated carbocycles. The number of carbonyl (C=O) groups excluding carboxylic acids is 2. The van der Waals surface area contributed by atoms with Gasteiger partial charge in [0, 0.05) is 24.7 Å². The van der Waals surface area contributed by atoms with Gasteiger partial charge >= 0.3 is 0 Å². The van der Waals surface area contributed by atoms with Gasteiger partial charge in [0.25, 0.3) is 11.8 Å². The molecule has 1 fully saturated rings. The van der Waals surface area contributed by atoms with E-state index < -0.39 is 0 Å². The zero-order valence-electron chi connectivity index (χ0n) is 16.5. The fourth-order valence-electron chi connectivity index (χ4n) is 3.54. The van der Waals surface area contributed by atoms with Gasteiger partial charge in [-0.2, -0.15) is 0 Å². The maximum atomic E-state index is 12.8. The SMILES string of the molecule is COc1cccc(OC)c1C(=O)NC1CCN(C(=O)c2ccccc2C)CC1. The molecule has 1 aliphatic rings. The van der Waals surface area contributed by atoms with Crippen LogP contribution in [-0.2, 0) is 0 Å². The van der Waals surface area contributed by atoms with Crippen LogP contribution in [0.15, 0.2) is 42.5 Å². The Balaban J connectivity index is 1.63. The second-order valence-corrected chi connectivity index (χ2v) is 6.89. The number of hydrogen-bond acceptors (Lipinski definition) is 4. The van der Waals surface area contributed by atoms with Crippen molar-refractivity contribution in [2.75, 3.05) is 27.3 Å². The number of amides is 2. The van der Waals surface area contributed by atoms with Gasteiger partial charge in [-0.25, -0.2) is 0 Å². The van der Waals surface area contributed by atoms with Gasteiger partial charge in [-0.3, -0.25) is 9.59 Å². The van der Waals surface area contributed by atoms with Gasteiger partial charge in [0.05, 0.1) is 14.2 Å². The summed E-state index contributed by atoms with van der Waals surface area (Å²) < 4.78 is 10.6. The first-order valence-electron chi connectivity index (χ1n) is 9.42. The van der Waals surface area contributed by atoms with E-state index >= 15 is 0 Å². The smallest absolute Gasteiger partial charge is 0.259 e. The maximum absolute atomic E-state index is 12.8. The van der Waals surface area contributed by atoms with Gasteiger partial charge in [-0.15, -0.1) is 0 Å². The topological polar surface area (TPSA) is 67.9 Å². The first-order chi connectivity index (χ1) is 13.5. The molecule has 1 N–H and O–H groups in total. The third kappa shape index (κ3) is 4.11. The molecule has 0 aromatic heterocycles. The van der Waals surface area contributed by atoms with Crippen LogP contribution in [0, 0.1) is 6.92 Å². The van der Waals surface area contributed by atoms with E-state index in [2.05, 4.69) is 5.32 Å². The van der Waals surface area contributed by atoms with Crippen molar-refractivity contribution < 1.29 is 19.1 Å². The van der Waals surface area contributed by atoms with E-state index in [0.29, 0.717) is 43.0 Å². The molecular weight excluding hydrogens is 356 g/mol. The number of benzene rings is 2. The third-order valence-corrected chi connectivity index (χ3v) is 5.15. The molecule has 0 spiro atoms. The number of likely N-dealkylation sites (tertiary alicyclic amines) is 1. The van der Waals surface area contributed by atoms with Gasteiger partial charge in [-0.1, -0.05) is 24.3 Å². The molecule has 28 heavy (non-hydrogen) atoms. The normalized spacial score (nSPS) is 14.5. The van der Waals surface area contributed by atoms with Crippen LogP contribution >= 0.6 is 0 Å². The molecule has 1 saturated heterocycles. The molecule has 2 aromatic rings. The molecule has 2 aromatic carbocycles. The van der Waals surface area contributed by atoms with E-state index in [9.17, 15) is 9.59 Å². The van der Waals surface area contributed by atoms with Crippen molar-refractivity contribution in [1.82, 2.24) is 10.2 Å². The van der Waals surface area contributed by atoms with E-state index in [1.807, 2.05) is 36.1 Å². The Bertz CT molecular complexity index is 835. The molecule has 148 valence electrons. The Morgan fingerprint density at radius 3 is 2.14 bits per heavy atom. The van der Waals surface area contributed by atoms with Crippen LogP contribution in [0.1, 0.15) is 39.1 Å².